The van der Waals surface area contributed by atoms with E-state index in [1.54, 1.807) is 24.3 Å². The molecule has 0 atom stereocenters. The molecule has 5 rings (SSSR count). The Morgan fingerprint density at radius 3 is 2.54 bits per heavy atom. The van der Waals surface area contributed by atoms with Crippen molar-refractivity contribution in [1.82, 2.24) is 4.98 Å². The van der Waals surface area contributed by atoms with Crippen LogP contribution in [-0.2, 0) is 16.0 Å². The van der Waals surface area contributed by atoms with Crippen LogP contribution in [0.2, 0.25) is 0 Å². The van der Waals surface area contributed by atoms with E-state index in [-0.39, 0.29) is 0 Å². The second-order valence-corrected chi connectivity index (χ2v) is 8.19. The molecule has 170 valence electrons. The SMILES string of the molecule is N#Cc1ccccc1NC(=O)COC(=O)c1c2c(nc3ccccc13)/C(=C/c1ccccc1)CC2. The Labute approximate surface area is 202 Å². The number of carbonyl (C=O) groups excluding carboxylic acids is 2. The number of allylic oxidation sites excluding steroid dienone is 1. The minimum Gasteiger partial charge on any atom is -0.452 e. The summed E-state index contributed by atoms with van der Waals surface area (Å²) >= 11 is 0. The second kappa shape index (κ2) is 9.62. The molecule has 6 nitrogen and oxygen atoms in total. The number of hydrogen-bond donors (Lipinski definition) is 1. The summed E-state index contributed by atoms with van der Waals surface area (Å²) in [6, 6.07) is 26.2. The van der Waals surface area contributed by atoms with E-state index in [4.69, 9.17) is 9.72 Å². The maximum Gasteiger partial charge on any atom is 0.339 e. The molecule has 0 aliphatic heterocycles. The van der Waals surface area contributed by atoms with Gasteiger partial charge in [0.15, 0.2) is 6.61 Å². The molecule has 0 bridgehead atoms. The van der Waals surface area contributed by atoms with Gasteiger partial charge < -0.3 is 10.1 Å². The first-order valence-corrected chi connectivity index (χ1v) is 11.3. The minimum atomic E-state index is -0.565. The molecule has 0 radical (unpaired) electrons. The van der Waals surface area contributed by atoms with Gasteiger partial charge in [0.2, 0.25) is 0 Å². The molecule has 3 aromatic carbocycles. The summed E-state index contributed by atoms with van der Waals surface area (Å²) in [6.45, 7) is -0.462. The van der Waals surface area contributed by atoms with Gasteiger partial charge in [-0.1, -0.05) is 60.7 Å². The third kappa shape index (κ3) is 4.53. The largest absolute Gasteiger partial charge is 0.452 e. The van der Waals surface area contributed by atoms with Gasteiger partial charge in [-0.15, -0.1) is 0 Å². The zero-order chi connectivity index (χ0) is 24.2. The molecule has 0 saturated carbocycles. The fourth-order valence-corrected chi connectivity index (χ4v) is 4.34. The summed E-state index contributed by atoms with van der Waals surface area (Å²) in [6.07, 6.45) is 3.53. The van der Waals surface area contributed by atoms with Gasteiger partial charge in [0.25, 0.3) is 5.91 Å². The average Bonchev–Trinajstić information content (AvgIpc) is 3.28. The number of ether oxygens (including phenoxy) is 1. The van der Waals surface area contributed by atoms with Crippen LogP contribution in [0.3, 0.4) is 0 Å². The Kier molecular flexibility index (Phi) is 6.06. The lowest BCUT2D eigenvalue weighted by Gasteiger charge is -2.13. The lowest BCUT2D eigenvalue weighted by atomic mass is 10.0. The maximum atomic E-state index is 13.3. The van der Waals surface area contributed by atoms with Crippen molar-refractivity contribution in [3.63, 3.8) is 0 Å². The Balaban J connectivity index is 1.43. The van der Waals surface area contributed by atoms with Crippen LogP contribution in [0.1, 0.15) is 39.2 Å². The molecule has 0 saturated heterocycles. The van der Waals surface area contributed by atoms with Crippen LogP contribution >= 0.6 is 0 Å². The lowest BCUT2D eigenvalue weighted by Crippen LogP contribution is -2.22. The number of rotatable bonds is 5. The highest BCUT2D eigenvalue weighted by Crippen LogP contribution is 2.37. The van der Waals surface area contributed by atoms with E-state index in [0.29, 0.717) is 34.1 Å². The zero-order valence-corrected chi connectivity index (χ0v) is 18.8. The number of hydrogen-bond acceptors (Lipinski definition) is 5. The molecule has 1 aromatic heterocycles. The first-order valence-electron chi connectivity index (χ1n) is 11.3. The van der Waals surface area contributed by atoms with Gasteiger partial charge in [-0.2, -0.15) is 5.26 Å². The maximum absolute atomic E-state index is 13.3. The van der Waals surface area contributed by atoms with Crippen LogP contribution in [0.25, 0.3) is 22.6 Å². The van der Waals surface area contributed by atoms with E-state index in [0.717, 1.165) is 28.8 Å². The molecule has 0 spiro atoms. The highest BCUT2D eigenvalue weighted by molar-refractivity contribution is 6.08. The van der Waals surface area contributed by atoms with Crippen molar-refractivity contribution in [2.24, 2.45) is 0 Å². The van der Waals surface area contributed by atoms with Crippen LogP contribution in [0.15, 0.2) is 78.9 Å². The number of benzene rings is 3. The second-order valence-electron chi connectivity index (χ2n) is 8.19. The third-order valence-corrected chi connectivity index (χ3v) is 5.94. The summed E-state index contributed by atoms with van der Waals surface area (Å²) in [5.74, 6) is -1.08. The quantitative estimate of drug-likeness (QED) is 0.404. The Morgan fingerprint density at radius 1 is 0.971 bits per heavy atom. The van der Waals surface area contributed by atoms with Gasteiger partial charge in [0.05, 0.1) is 28.0 Å². The Morgan fingerprint density at radius 2 is 1.71 bits per heavy atom. The standard InChI is InChI=1S/C29H21N3O3/c30-17-21-10-4-6-12-24(21)31-26(33)18-35-29(34)27-22-11-5-7-13-25(22)32-28-20(14-15-23(27)28)16-19-8-2-1-3-9-19/h1-13,16H,14-15,18H2,(H,31,33)/b20-16+. The van der Waals surface area contributed by atoms with Gasteiger partial charge in [0.1, 0.15) is 6.07 Å². The van der Waals surface area contributed by atoms with Gasteiger partial charge in [-0.3, -0.25) is 4.79 Å². The first-order chi connectivity index (χ1) is 17.1. The molecule has 0 unspecified atom stereocenters. The highest BCUT2D eigenvalue weighted by atomic mass is 16.5. The predicted molar refractivity (Wildman–Crippen MR) is 134 cm³/mol. The fraction of sp³-hybridized carbons (Fsp3) is 0.103. The molecule has 4 aromatic rings. The minimum absolute atomic E-state index is 0.336. The number of para-hydroxylation sites is 2. The summed E-state index contributed by atoms with van der Waals surface area (Å²) in [4.78, 5) is 30.6. The average molecular weight is 460 g/mol. The van der Waals surface area contributed by atoms with E-state index in [2.05, 4.69) is 11.4 Å². The normalized spacial score (nSPS) is 13.3. The first kappa shape index (κ1) is 22.1. The molecular formula is C29H21N3O3. The summed E-state index contributed by atoms with van der Waals surface area (Å²) in [5.41, 5.74) is 5.64. The van der Waals surface area contributed by atoms with Crippen molar-refractivity contribution in [2.75, 3.05) is 11.9 Å². The number of pyridine rings is 1. The van der Waals surface area contributed by atoms with E-state index < -0.39 is 18.5 Å². The van der Waals surface area contributed by atoms with Crippen molar-refractivity contribution >= 4 is 40.1 Å². The third-order valence-electron chi connectivity index (χ3n) is 5.94. The number of esters is 1. The smallest absolute Gasteiger partial charge is 0.339 e. The van der Waals surface area contributed by atoms with Crippen LogP contribution < -0.4 is 5.32 Å². The van der Waals surface area contributed by atoms with Crippen molar-refractivity contribution in [3.8, 4) is 6.07 Å². The van der Waals surface area contributed by atoms with Gasteiger partial charge >= 0.3 is 5.97 Å². The Bertz CT molecular complexity index is 1520. The molecule has 1 amide bonds. The van der Waals surface area contributed by atoms with Crippen molar-refractivity contribution in [2.45, 2.75) is 12.8 Å². The summed E-state index contributed by atoms with van der Waals surface area (Å²) in [5, 5.41) is 12.5. The molecule has 0 fully saturated rings. The number of nitrogens with one attached hydrogen (secondary N) is 1. The molecule has 1 aliphatic rings. The van der Waals surface area contributed by atoms with Crippen molar-refractivity contribution in [3.05, 3.63) is 107 Å². The summed E-state index contributed by atoms with van der Waals surface area (Å²) in [7, 11) is 0. The van der Waals surface area contributed by atoms with E-state index in [1.807, 2.05) is 60.7 Å². The number of nitriles is 1. The van der Waals surface area contributed by atoms with Crippen LogP contribution in [0, 0.1) is 11.3 Å². The molecular weight excluding hydrogens is 438 g/mol. The van der Waals surface area contributed by atoms with E-state index >= 15 is 0 Å². The van der Waals surface area contributed by atoms with Gasteiger partial charge in [-0.05, 0) is 53.8 Å². The van der Waals surface area contributed by atoms with Crippen molar-refractivity contribution in [1.29, 1.82) is 5.26 Å². The lowest BCUT2D eigenvalue weighted by molar-refractivity contribution is -0.119. The van der Waals surface area contributed by atoms with Crippen LogP contribution in [0.5, 0.6) is 0 Å². The highest BCUT2D eigenvalue weighted by Gasteiger charge is 2.28. The Hall–Kier alpha value is -4.76. The number of amides is 1. The molecule has 6 heteroatoms. The number of carbonyl (C=O) groups is 2. The molecule has 35 heavy (non-hydrogen) atoms. The summed E-state index contributed by atoms with van der Waals surface area (Å²) < 4.78 is 5.44. The zero-order valence-electron chi connectivity index (χ0n) is 18.8. The number of fused-ring (bicyclic) bond motifs is 2. The number of nitrogens with zero attached hydrogens (tertiary/aromatic N) is 2. The molecule has 1 heterocycles. The van der Waals surface area contributed by atoms with Crippen LogP contribution in [0.4, 0.5) is 5.69 Å². The predicted octanol–water partition coefficient (Wildman–Crippen LogP) is 5.39. The van der Waals surface area contributed by atoms with Crippen molar-refractivity contribution < 1.29 is 14.3 Å². The number of aromatic nitrogens is 1. The van der Waals surface area contributed by atoms with Crippen LogP contribution in [-0.4, -0.2) is 23.5 Å². The van der Waals surface area contributed by atoms with Gasteiger partial charge in [0, 0.05) is 5.39 Å². The topological polar surface area (TPSA) is 92.1 Å². The fourth-order valence-electron chi connectivity index (χ4n) is 4.34. The molecule has 1 aliphatic carbocycles. The van der Waals surface area contributed by atoms with E-state index in [9.17, 15) is 14.9 Å². The molecule has 1 N–H and O–H groups in total. The van der Waals surface area contributed by atoms with E-state index in [1.165, 1.54) is 0 Å². The van der Waals surface area contributed by atoms with Gasteiger partial charge in [-0.25, -0.2) is 9.78 Å². The monoisotopic (exact) mass is 459 g/mol. The number of anilines is 1.